The third-order valence-electron chi connectivity index (χ3n) is 5.32. The molecule has 1 aromatic heterocycles. The number of aliphatic hydroxyl groups excluding tert-OH is 1. The number of amides is 1. The van der Waals surface area contributed by atoms with Crippen LogP contribution in [0.25, 0.3) is 5.76 Å². The lowest BCUT2D eigenvalue weighted by Gasteiger charge is -2.25. The predicted molar refractivity (Wildman–Crippen MR) is 125 cm³/mol. The molecule has 2 aromatic carbocycles. The average molecular weight is 519 g/mol. The van der Waals surface area contributed by atoms with Crippen LogP contribution in [0.3, 0.4) is 0 Å². The van der Waals surface area contributed by atoms with Gasteiger partial charge in [-0.05, 0) is 67.1 Å². The monoisotopic (exact) mass is 518 g/mol. The molecule has 3 aromatic rings. The van der Waals surface area contributed by atoms with E-state index in [4.69, 9.17) is 16.3 Å². The number of Topliss-reactive ketones (excluding diaryl/α,β-unsaturated/α-hetero) is 1. The van der Waals surface area contributed by atoms with Crippen molar-refractivity contribution in [2.45, 2.75) is 19.3 Å². The van der Waals surface area contributed by atoms with E-state index in [-0.39, 0.29) is 21.8 Å². The Morgan fingerprint density at radius 3 is 2.31 bits per heavy atom. The lowest BCUT2D eigenvalue weighted by atomic mass is 9.95. The Bertz CT molecular complexity index is 1330. The first-order valence-electron chi connectivity index (χ1n) is 10.6. The summed E-state index contributed by atoms with van der Waals surface area (Å²) < 4.78 is 47.0. The molecule has 0 spiro atoms. The maximum absolute atomic E-state index is 13.2. The van der Waals surface area contributed by atoms with Crippen molar-refractivity contribution in [3.8, 4) is 11.5 Å². The lowest BCUT2D eigenvalue weighted by molar-refractivity contribution is -0.274. The minimum absolute atomic E-state index is 0.0774. The Morgan fingerprint density at radius 1 is 1.06 bits per heavy atom. The Kier molecular flexibility index (Phi) is 6.89. The van der Waals surface area contributed by atoms with Gasteiger partial charge in [-0.1, -0.05) is 11.6 Å². The number of benzene rings is 2. The van der Waals surface area contributed by atoms with E-state index >= 15 is 0 Å². The number of hydrogen-bond donors (Lipinski definition) is 1. The number of ketones is 1. The molecule has 1 N–H and O–H groups in total. The first-order valence-corrected chi connectivity index (χ1v) is 11.0. The van der Waals surface area contributed by atoms with Crippen LogP contribution in [0, 0.1) is 0 Å². The van der Waals surface area contributed by atoms with Gasteiger partial charge in [0.1, 0.15) is 17.3 Å². The third-order valence-corrected chi connectivity index (χ3v) is 5.65. The van der Waals surface area contributed by atoms with Crippen molar-refractivity contribution < 1.29 is 37.3 Å². The van der Waals surface area contributed by atoms with Gasteiger partial charge in [0, 0.05) is 23.6 Å². The Hall–Kier alpha value is -4.05. The Morgan fingerprint density at radius 2 is 1.69 bits per heavy atom. The number of aromatic nitrogens is 1. The fourth-order valence-electron chi connectivity index (χ4n) is 3.86. The molecule has 4 rings (SSSR count). The highest BCUT2D eigenvalue weighted by molar-refractivity contribution is 6.52. The number of aliphatic hydroxyl groups is 1. The second-order valence-corrected chi connectivity index (χ2v) is 7.97. The van der Waals surface area contributed by atoms with Crippen molar-refractivity contribution >= 4 is 34.7 Å². The molecule has 186 valence electrons. The average Bonchev–Trinajstić information content (AvgIpc) is 3.10. The zero-order chi connectivity index (χ0) is 26.0. The lowest BCUT2D eigenvalue weighted by Crippen LogP contribution is -2.29. The molecule has 1 aliphatic rings. The van der Waals surface area contributed by atoms with Crippen molar-refractivity contribution in [1.82, 2.24) is 4.98 Å². The highest BCUT2D eigenvalue weighted by Crippen LogP contribution is 2.43. The highest BCUT2D eigenvalue weighted by atomic mass is 35.5. The van der Waals surface area contributed by atoms with Gasteiger partial charge < -0.3 is 14.6 Å². The summed E-state index contributed by atoms with van der Waals surface area (Å²) >= 11 is 6.30. The van der Waals surface area contributed by atoms with E-state index in [2.05, 4.69) is 9.72 Å². The van der Waals surface area contributed by atoms with Crippen LogP contribution in [0.15, 0.2) is 72.6 Å². The van der Waals surface area contributed by atoms with E-state index in [0.29, 0.717) is 17.9 Å². The van der Waals surface area contributed by atoms with Crippen LogP contribution in [-0.4, -0.2) is 34.8 Å². The van der Waals surface area contributed by atoms with Crippen molar-refractivity contribution in [1.29, 1.82) is 0 Å². The summed E-state index contributed by atoms with van der Waals surface area (Å²) in [7, 11) is 0. The first kappa shape index (κ1) is 25.1. The van der Waals surface area contributed by atoms with Crippen LogP contribution in [0.2, 0.25) is 5.02 Å². The highest BCUT2D eigenvalue weighted by Gasteiger charge is 2.47. The fraction of sp³-hybridized carbons (Fsp3) is 0.160. The summed E-state index contributed by atoms with van der Waals surface area (Å²) in [6.45, 7) is 2.12. The molecule has 7 nitrogen and oxygen atoms in total. The number of nitrogens with zero attached hydrogens (tertiary/aromatic N) is 2. The van der Waals surface area contributed by atoms with Gasteiger partial charge in [-0.3, -0.25) is 19.5 Å². The molecule has 1 amide bonds. The molecule has 2 heterocycles. The molecule has 1 unspecified atom stereocenters. The molecule has 0 radical (unpaired) electrons. The standard InChI is InChI=1S/C25H18ClF3N2O5/c1-2-35-17-7-8-19(26)18(13-17)22(32)20-21(14-9-11-30-12-10-14)31(24(34)23(20)33)15-3-5-16(6-4-15)36-25(27,28)29/h3-13,21,32H,2H2,1H3/b22-20+. The van der Waals surface area contributed by atoms with E-state index in [0.717, 1.165) is 17.0 Å². The maximum Gasteiger partial charge on any atom is 0.573 e. The number of alkyl halides is 3. The van der Waals surface area contributed by atoms with Crippen LogP contribution in [-0.2, 0) is 9.59 Å². The smallest absolute Gasteiger partial charge is 0.507 e. The molecular formula is C25H18ClF3N2O5. The van der Waals surface area contributed by atoms with Crippen LogP contribution in [0.4, 0.5) is 18.9 Å². The van der Waals surface area contributed by atoms with E-state index in [1.165, 1.54) is 36.7 Å². The fourth-order valence-corrected chi connectivity index (χ4v) is 4.06. The van der Waals surface area contributed by atoms with Crippen LogP contribution < -0.4 is 14.4 Å². The summed E-state index contributed by atoms with van der Waals surface area (Å²) in [6.07, 6.45) is -2.01. The molecule has 1 aliphatic heterocycles. The Labute approximate surface area is 208 Å². The Balaban J connectivity index is 1.86. The van der Waals surface area contributed by atoms with E-state index in [9.17, 15) is 27.9 Å². The molecule has 0 saturated carbocycles. The molecule has 0 bridgehead atoms. The summed E-state index contributed by atoms with van der Waals surface area (Å²) in [5.41, 5.74) is 0.367. The van der Waals surface area contributed by atoms with E-state index < -0.39 is 35.6 Å². The van der Waals surface area contributed by atoms with Gasteiger partial charge in [0.05, 0.1) is 23.2 Å². The normalized spacial score (nSPS) is 17.4. The van der Waals surface area contributed by atoms with Crippen molar-refractivity contribution in [2.75, 3.05) is 11.5 Å². The minimum Gasteiger partial charge on any atom is -0.507 e. The summed E-state index contributed by atoms with van der Waals surface area (Å²) in [6, 6.07) is 11.0. The molecule has 1 saturated heterocycles. The van der Waals surface area contributed by atoms with Gasteiger partial charge in [-0.15, -0.1) is 13.2 Å². The quantitative estimate of drug-likeness (QED) is 0.257. The summed E-state index contributed by atoms with van der Waals surface area (Å²) in [5, 5.41) is 11.3. The largest absolute Gasteiger partial charge is 0.573 e. The number of halogens is 4. The van der Waals surface area contributed by atoms with Gasteiger partial charge in [0.25, 0.3) is 11.7 Å². The molecular weight excluding hydrogens is 501 g/mol. The number of hydrogen-bond acceptors (Lipinski definition) is 6. The number of carbonyl (C=O) groups is 2. The van der Waals surface area contributed by atoms with Crippen LogP contribution in [0.1, 0.15) is 24.1 Å². The van der Waals surface area contributed by atoms with Gasteiger partial charge in [0.2, 0.25) is 0 Å². The second-order valence-electron chi connectivity index (χ2n) is 7.57. The number of pyridine rings is 1. The molecule has 11 heteroatoms. The maximum atomic E-state index is 13.2. The van der Waals surface area contributed by atoms with Crippen molar-refractivity contribution in [2.24, 2.45) is 0 Å². The number of ether oxygens (including phenoxy) is 2. The SMILES string of the molecule is CCOc1ccc(Cl)c(/C(O)=C2\C(=O)C(=O)N(c3ccc(OC(F)(F)F)cc3)C2c2ccncc2)c1. The van der Waals surface area contributed by atoms with Gasteiger partial charge in [0.15, 0.2) is 0 Å². The number of anilines is 1. The third kappa shape index (κ3) is 4.99. The zero-order valence-electron chi connectivity index (χ0n) is 18.6. The van der Waals surface area contributed by atoms with Crippen LogP contribution >= 0.6 is 11.6 Å². The number of carbonyl (C=O) groups excluding carboxylic acids is 2. The van der Waals surface area contributed by atoms with Crippen molar-refractivity contribution in [3.05, 3.63) is 88.7 Å². The van der Waals surface area contributed by atoms with Crippen molar-refractivity contribution in [3.63, 3.8) is 0 Å². The summed E-state index contributed by atoms with van der Waals surface area (Å²) in [4.78, 5) is 31.4. The zero-order valence-corrected chi connectivity index (χ0v) is 19.4. The second kappa shape index (κ2) is 9.90. The topological polar surface area (TPSA) is 89.0 Å². The van der Waals surface area contributed by atoms with Crippen LogP contribution in [0.5, 0.6) is 11.5 Å². The van der Waals surface area contributed by atoms with E-state index in [1.54, 1.807) is 25.1 Å². The minimum atomic E-state index is -4.89. The number of rotatable bonds is 6. The molecule has 36 heavy (non-hydrogen) atoms. The summed E-state index contributed by atoms with van der Waals surface area (Å²) in [5.74, 6) is -2.62. The molecule has 1 atom stereocenters. The first-order chi connectivity index (χ1) is 17.1. The predicted octanol–water partition coefficient (Wildman–Crippen LogP) is 5.66. The van der Waals surface area contributed by atoms with Gasteiger partial charge in [-0.25, -0.2) is 0 Å². The molecule has 1 fully saturated rings. The van der Waals surface area contributed by atoms with Gasteiger partial charge >= 0.3 is 6.36 Å². The van der Waals surface area contributed by atoms with E-state index in [1.807, 2.05) is 0 Å². The molecule has 0 aliphatic carbocycles. The van der Waals surface area contributed by atoms with Gasteiger partial charge in [-0.2, -0.15) is 0 Å².